The van der Waals surface area contributed by atoms with Gasteiger partial charge in [0.15, 0.2) is 0 Å². The number of aromatic nitrogens is 2. The summed E-state index contributed by atoms with van der Waals surface area (Å²) in [5.41, 5.74) is 2.70. The smallest absolute Gasteiger partial charge is 0.257 e. The van der Waals surface area contributed by atoms with Crippen molar-refractivity contribution in [3.63, 3.8) is 0 Å². The SMILES string of the molecule is c1ccc(CN(Cc2ccco2)Cc2nnc(-c3cc4c(s3)CCCC4)o2)cc1. The van der Waals surface area contributed by atoms with Gasteiger partial charge in [-0.05, 0) is 55.0 Å². The van der Waals surface area contributed by atoms with Crippen LogP contribution in [0.1, 0.15) is 40.5 Å². The Labute approximate surface area is 174 Å². The lowest BCUT2D eigenvalue weighted by Crippen LogP contribution is -2.22. The summed E-state index contributed by atoms with van der Waals surface area (Å²) in [6.45, 7) is 2.05. The Kier molecular flexibility index (Phi) is 5.28. The van der Waals surface area contributed by atoms with Crippen molar-refractivity contribution >= 4 is 11.3 Å². The Hall–Kier alpha value is -2.70. The molecule has 5 nitrogen and oxygen atoms in total. The number of benzene rings is 1. The summed E-state index contributed by atoms with van der Waals surface area (Å²) in [4.78, 5) is 4.83. The summed E-state index contributed by atoms with van der Waals surface area (Å²) in [5.74, 6) is 2.19. The van der Waals surface area contributed by atoms with E-state index in [9.17, 15) is 0 Å². The van der Waals surface area contributed by atoms with Gasteiger partial charge in [0.25, 0.3) is 5.89 Å². The van der Waals surface area contributed by atoms with E-state index in [0.717, 1.165) is 17.2 Å². The summed E-state index contributed by atoms with van der Waals surface area (Å²) < 4.78 is 11.6. The van der Waals surface area contributed by atoms with Crippen LogP contribution in [0.25, 0.3) is 10.8 Å². The van der Waals surface area contributed by atoms with Gasteiger partial charge in [0.1, 0.15) is 5.76 Å². The number of hydrogen-bond acceptors (Lipinski definition) is 6. The molecule has 6 heteroatoms. The van der Waals surface area contributed by atoms with Gasteiger partial charge in [-0.3, -0.25) is 4.90 Å². The third kappa shape index (κ3) is 4.33. The van der Waals surface area contributed by atoms with E-state index in [0.29, 0.717) is 24.9 Å². The lowest BCUT2D eigenvalue weighted by atomic mass is 9.99. The van der Waals surface area contributed by atoms with Gasteiger partial charge in [-0.2, -0.15) is 0 Å². The van der Waals surface area contributed by atoms with E-state index < -0.39 is 0 Å². The van der Waals surface area contributed by atoms with Crippen molar-refractivity contribution in [2.24, 2.45) is 0 Å². The first-order valence-corrected chi connectivity index (χ1v) is 10.9. The normalized spacial score (nSPS) is 13.7. The van der Waals surface area contributed by atoms with Crippen LogP contribution in [0, 0.1) is 0 Å². The van der Waals surface area contributed by atoms with Crippen molar-refractivity contribution in [3.8, 4) is 10.8 Å². The molecule has 0 saturated carbocycles. The van der Waals surface area contributed by atoms with Gasteiger partial charge >= 0.3 is 0 Å². The standard InChI is InChI=1S/C23H23N3O2S/c1-2-7-17(8-3-1)14-26(15-19-10-6-12-27-19)16-22-24-25-23(28-22)21-13-18-9-4-5-11-20(18)29-21/h1-3,6-8,10,12-13H,4-5,9,11,14-16H2. The molecule has 1 aliphatic carbocycles. The summed E-state index contributed by atoms with van der Waals surface area (Å²) in [7, 11) is 0. The van der Waals surface area contributed by atoms with Crippen LogP contribution in [-0.2, 0) is 32.5 Å². The summed E-state index contributed by atoms with van der Waals surface area (Å²) in [6.07, 6.45) is 6.61. The molecule has 1 aliphatic rings. The average molecular weight is 406 g/mol. The highest BCUT2D eigenvalue weighted by atomic mass is 32.1. The fraction of sp³-hybridized carbons (Fsp3) is 0.304. The quantitative estimate of drug-likeness (QED) is 0.408. The first-order valence-electron chi connectivity index (χ1n) is 10.1. The van der Waals surface area contributed by atoms with E-state index >= 15 is 0 Å². The molecule has 0 N–H and O–H groups in total. The molecule has 0 atom stereocenters. The molecule has 148 valence electrons. The predicted molar refractivity (Wildman–Crippen MR) is 112 cm³/mol. The van der Waals surface area contributed by atoms with Crippen LogP contribution in [0.4, 0.5) is 0 Å². The van der Waals surface area contributed by atoms with Gasteiger partial charge in [-0.25, -0.2) is 0 Å². The zero-order valence-corrected chi connectivity index (χ0v) is 17.0. The molecule has 1 aromatic carbocycles. The van der Waals surface area contributed by atoms with Gasteiger partial charge in [0, 0.05) is 11.4 Å². The molecule has 4 aromatic rings. The van der Waals surface area contributed by atoms with Crippen molar-refractivity contribution in [2.75, 3.05) is 0 Å². The van der Waals surface area contributed by atoms with Crippen molar-refractivity contribution < 1.29 is 8.83 Å². The second kappa shape index (κ2) is 8.35. The molecule has 5 rings (SSSR count). The Bertz CT molecular complexity index is 1030. The van der Waals surface area contributed by atoms with Gasteiger partial charge in [-0.15, -0.1) is 21.5 Å². The number of aryl methyl sites for hydroxylation is 2. The van der Waals surface area contributed by atoms with Crippen molar-refractivity contribution in [2.45, 2.75) is 45.3 Å². The van der Waals surface area contributed by atoms with E-state index in [1.807, 2.05) is 18.2 Å². The number of rotatable bonds is 7. The number of furan rings is 1. The maximum atomic E-state index is 6.05. The van der Waals surface area contributed by atoms with Gasteiger partial charge in [0.05, 0.1) is 24.2 Å². The molecule has 0 fully saturated rings. The highest BCUT2D eigenvalue weighted by Crippen LogP contribution is 2.35. The second-order valence-corrected chi connectivity index (χ2v) is 8.61. The van der Waals surface area contributed by atoms with Gasteiger partial charge < -0.3 is 8.83 Å². The summed E-state index contributed by atoms with van der Waals surface area (Å²) in [5, 5.41) is 8.66. The van der Waals surface area contributed by atoms with Crippen LogP contribution in [0.15, 0.2) is 63.6 Å². The maximum absolute atomic E-state index is 6.05. The predicted octanol–water partition coefficient (Wildman–Crippen LogP) is 5.47. The topological polar surface area (TPSA) is 55.3 Å². The highest BCUT2D eigenvalue weighted by molar-refractivity contribution is 7.15. The molecular weight excluding hydrogens is 382 g/mol. The van der Waals surface area contributed by atoms with Crippen LogP contribution in [0.2, 0.25) is 0 Å². The highest BCUT2D eigenvalue weighted by Gasteiger charge is 2.19. The molecule has 0 radical (unpaired) electrons. The summed E-state index contributed by atoms with van der Waals surface area (Å²) in [6, 6.07) is 16.6. The van der Waals surface area contributed by atoms with E-state index in [1.165, 1.54) is 41.7 Å². The second-order valence-electron chi connectivity index (χ2n) is 7.48. The van der Waals surface area contributed by atoms with Crippen LogP contribution >= 0.6 is 11.3 Å². The van der Waals surface area contributed by atoms with Crippen LogP contribution < -0.4 is 0 Å². The van der Waals surface area contributed by atoms with Gasteiger partial charge in [0.2, 0.25) is 5.89 Å². The van der Waals surface area contributed by atoms with E-state index in [4.69, 9.17) is 8.83 Å². The number of hydrogen-bond donors (Lipinski definition) is 0. The fourth-order valence-corrected chi connectivity index (χ4v) is 5.01. The third-order valence-electron chi connectivity index (χ3n) is 5.24. The van der Waals surface area contributed by atoms with Crippen LogP contribution in [-0.4, -0.2) is 15.1 Å². The molecule has 3 aromatic heterocycles. The number of fused-ring (bicyclic) bond motifs is 1. The Morgan fingerprint density at radius 3 is 2.66 bits per heavy atom. The minimum absolute atomic E-state index is 0.577. The molecule has 0 spiro atoms. The van der Waals surface area contributed by atoms with Crippen molar-refractivity contribution in [1.29, 1.82) is 0 Å². The third-order valence-corrected chi connectivity index (χ3v) is 6.47. The molecule has 0 aliphatic heterocycles. The zero-order valence-electron chi connectivity index (χ0n) is 16.2. The largest absolute Gasteiger partial charge is 0.468 e. The van der Waals surface area contributed by atoms with E-state index in [1.54, 1.807) is 17.6 Å². The Balaban J connectivity index is 1.34. The molecule has 0 bridgehead atoms. The van der Waals surface area contributed by atoms with Gasteiger partial charge in [-0.1, -0.05) is 30.3 Å². The first-order chi connectivity index (χ1) is 14.3. The molecule has 0 saturated heterocycles. The molecule has 0 unspecified atom stereocenters. The molecular formula is C23H23N3O2S. The van der Waals surface area contributed by atoms with E-state index in [-0.39, 0.29) is 0 Å². The van der Waals surface area contributed by atoms with Crippen molar-refractivity contribution in [1.82, 2.24) is 15.1 Å². The Morgan fingerprint density at radius 2 is 1.83 bits per heavy atom. The lowest BCUT2D eigenvalue weighted by molar-refractivity contribution is 0.206. The monoisotopic (exact) mass is 405 g/mol. The number of nitrogens with zero attached hydrogens (tertiary/aromatic N) is 3. The molecule has 3 heterocycles. The average Bonchev–Trinajstić information content (AvgIpc) is 3.49. The van der Waals surface area contributed by atoms with Crippen LogP contribution in [0.5, 0.6) is 0 Å². The zero-order chi connectivity index (χ0) is 19.5. The van der Waals surface area contributed by atoms with Crippen LogP contribution in [0.3, 0.4) is 0 Å². The Morgan fingerprint density at radius 1 is 0.931 bits per heavy atom. The molecule has 29 heavy (non-hydrogen) atoms. The van der Waals surface area contributed by atoms with Crippen molar-refractivity contribution in [3.05, 3.63) is 82.4 Å². The fourth-order valence-electron chi connectivity index (χ4n) is 3.84. The lowest BCUT2D eigenvalue weighted by Gasteiger charge is -2.19. The first kappa shape index (κ1) is 18.3. The minimum Gasteiger partial charge on any atom is -0.468 e. The minimum atomic E-state index is 0.577. The molecule has 0 amide bonds. The maximum Gasteiger partial charge on any atom is 0.257 e. The number of thiophene rings is 1. The van der Waals surface area contributed by atoms with E-state index in [2.05, 4.69) is 45.4 Å². The summed E-state index contributed by atoms with van der Waals surface area (Å²) >= 11 is 1.80.